The molecule has 1 saturated heterocycles. The van der Waals surface area contributed by atoms with E-state index in [1.165, 1.54) is 4.90 Å². The molecule has 3 aromatic carbocycles. The molecule has 12 heteroatoms. The van der Waals surface area contributed by atoms with E-state index in [1.807, 2.05) is 91.0 Å². The Labute approximate surface area is 324 Å². The van der Waals surface area contributed by atoms with Crippen LogP contribution in [0.5, 0.6) is 0 Å². The zero-order valence-electron chi connectivity index (χ0n) is 32.9. The third kappa shape index (κ3) is 14.0. The second-order valence-corrected chi connectivity index (χ2v) is 15.8. The van der Waals surface area contributed by atoms with Gasteiger partial charge in [0.2, 0.25) is 0 Å². The van der Waals surface area contributed by atoms with E-state index in [1.54, 1.807) is 41.5 Å². The Morgan fingerprint density at radius 2 is 1.38 bits per heavy atom. The molecule has 0 saturated carbocycles. The molecule has 1 aliphatic heterocycles. The predicted octanol–water partition coefficient (Wildman–Crippen LogP) is 7.17. The minimum atomic E-state index is -0.994. The molecule has 1 heterocycles. The number of aliphatic hydroxyl groups is 1. The van der Waals surface area contributed by atoms with Crippen LogP contribution >= 0.6 is 0 Å². The van der Waals surface area contributed by atoms with Crippen molar-refractivity contribution in [2.45, 2.75) is 122 Å². The van der Waals surface area contributed by atoms with Gasteiger partial charge in [0.25, 0.3) is 0 Å². The molecule has 1 aliphatic rings. The first kappa shape index (κ1) is 42.8. The molecule has 0 aliphatic carbocycles. The number of nitrogens with zero attached hydrogens (tertiary/aromatic N) is 1. The van der Waals surface area contributed by atoms with Crippen LogP contribution in [0, 0.1) is 0 Å². The van der Waals surface area contributed by atoms with Crippen LogP contribution in [-0.4, -0.2) is 76.6 Å². The highest BCUT2D eigenvalue weighted by Gasteiger charge is 2.49. The Morgan fingerprint density at radius 3 is 1.98 bits per heavy atom. The summed E-state index contributed by atoms with van der Waals surface area (Å²) >= 11 is 0. The van der Waals surface area contributed by atoms with Crippen LogP contribution in [0.25, 0.3) is 0 Å². The highest BCUT2D eigenvalue weighted by atomic mass is 16.6. The van der Waals surface area contributed by atoms with Crippen molar-refractivity contribution in [2.75, 3.05) is 13.1 Å². The molecule has 2 amide bonds. The van der Waals surface area contributed by atoms with Crippen molar-refractivity contribution < 1.29 is 43.2 Å². The summed E-state index contributed by atoms with van der Waals surface area (Å²) in [4.78, 5) is 54.6. The molecule has 0 unspecified atom stereocenters. The second-order valence-electron chi connectivity index (χ2n) is 15.8. The maximum Gasteiger partial charge on any atom is 0.411 e. The van der Waals surface area contributed by atoms with Gasteiger partial charge in [0.05, 0.1) is 6.10 Å². The highest BCUT2D eigenvalue weighted by Crippen LogP contribution is 2.43. The minimum Gasteiger partial charge on any atom is -0.458 e. The molecule has 0 aromatic heterocycles. The SMILES string of the molecule is CC(C)(C)OC(=O)[C@H](CCCCNC[C@H](O)CC[C@H]1C(=O)O[C@H](c2ccccc2)[C@H](c2ccccc2)N1C(=O)OC(C)(C)C)NC(=O)OCc1ccccc1. The fourth-order valence-electron chi connectivity index (χ4n) is 6.26. The zero-order chi connectivity index (χ0) is 40.0. The number of hydrogen-bond donors (Lipinski definition) is 3. The van der Waals surface area contributed by atoms with Crippen molar-refractivity contribution in [3.05, 3.63) is 108 Å². The van der Waals surface area contributed by atoms with E-state index >= 15 is 0 Å². The summed E-state index contributed by atoms with van der Waals surface area (Å²) in [5.74, 6) is -1.11. The fraction of sp³-hybridized carbons (Fsp3) is 0.488. The van der Waals surface area contributed by atoms with Crippen LogP contribution in [0.3, 0.4) is 0 Å². The molecule has 55 heavy (non-hydrogen) atoms. The van der Waals surface area contributed by atoms with Crippen LogP contribution in [0.15, 0.2) is 91.0 Å². The minimum absolute atomic E-state index is 0.0722. The van der Waals surface area contributed by atoms with Crippen molar-refractivity contribution in [1.82, 2.24) is 15.5 Å². The van der Waals surface area contributed by atoms with Crippen molar-refractivity contribution in [3.8, 4) is 0 Å². The number of morpholine rings is 1. The molecule has 0 spiro atoms. The first-order valence-electron chi connectivity index (χ1n) is 19.0. The molecule has 0 radical (unpaired) electrons. The second kappa shape index (κ2) is 20.1. The average Bonchev–Trinajstić information content (AvgIpc) is 3.13. The Morgan fingerprint density at radius 1 is 0.800 bits per heavy atom. The largest absolute Gasteiger partial charge is 0.458 e. The van der Waals surface area contributed by atoms with E-state index in [9.17, 15) is 24.3 Å². The number of rotatable bonds is 16. The van der Waals surface area contributed by atoms with Crippen LogP contribution in [0.1, 0.15) is 102 Å². The number of benzene rings is 3. The van der Waals surface area contributed by atoms with Crippen LogP contribution in [0.2, 0.25) is 0 Å². The molecule has 5 atom stereocenters. The normalized spacial score (nSPS) is 18.4. The summed E-state index contributed by atoms with van der Waals surface area (Å²) in [5.41, 5.74) is 0.816. The molecular formula is C43H57N3O9. The molecule has 3 N–H and O–H groups in total. The maximum absolute atomic E-state index is 13.9. The fourth-order valence-corrected chi connectivity index (χ4v) is 6.26. The van der Waals surface area contributed by atoms with E-state index in [0.29, 0.717) is 25.8 Å². The van der Waals surface area contributed by atoms with Crippen LogP contribution < -0.4 is 10.6 Å². The van der Waals surface area contributed by atoms with Gasteiger partial charge in [-0.3, -0.25) is 4.90 Å². The van der Waals surface area contributed by atoms with Gasteiger partial charge in [-0.1, -0.05) is 91.0 Å². The summed E-state index contributed by atoms with van der Waals surface area (Å²) in [5, 5.41) is 16.9. The van der Waals surface area contributed by atoms with Gasteiger partial charge < -0.3 is 34.7 Å². The Hall–Kier alpha value is -4.94. The summed E-state index contributed by atoms with van der Waals surface area (Å²) in [6.07, 6.45) is -1.03. The molecule has 0 bridgehead atoms. The summed E-state index contributed by atoms with van der Waals surface area (Å²) in [7, 11) is 0. The van der Waals surface area contributed by atoms with Gasteiger partial charge in [0.15, 0.2) is 6.10 Å². The lowest BCUT2D eigenvalue weighted by Gasteiger charge is -2.45. The number of aliphatic hydroxyl groups excluding tert-OH is 1. The first-order chi connectivity index (χ1) is 26.1. The number of ether oxygens (including phenoxy) is 4. The number of hydrogen-bond acceptors (Lipinski definition) is 10. The van der Waals surface area contributed by atoms with Gasteiger partial charge >= 0.3 is 24.1 Å². The number of esters is 2. The van der Waals surface area contributed by atoms with Crippen LogP contribution in [-0.2, 0) is 35.1 Å². The van der Waals surface area contributed by atoms with E-state index in [2.05, 4.69) is 10.6 Å². The molecule has 4 rings (SSSR count). The van der Waals surface area contributed by atoms with Gasteiger partial charge in [-0.25, -0.2) is 19.2 Å². The highest BCUT2D eigenvalue weighted by molar-refractivity contribution is 5.84. The van der Waals surface area contributed by atoms with E-state index < -0.39 is 65.7 Å². The van der Waals surface area contributed by atoms with Gasteiger partial charge in [-0.2, -0.15) is 0 Å². The molecule has 298 valence electrons. The number of amides is 2. The van der Waals surface area contributed by atoms with E-state index in [-0.39, 0.29) is 26.0 Å². The molecule has 1 fully saturated rings. The lowest BCUT2D eigenvalue weighted by molar-refractivity contribution is -0.175. The third-order valence-electron chi connectivity index (χ3n) is 8.76. The number of carbonyl (C=O) groups excluding carboxylic acids is 4. The smallest absolute Gasteiger partial charge is 0.411 e. The quantitative estimate of drug-likeness (QED) is 0.0779. The van der Waals surface area contributed by atoms with E-state index in [4.69, 9.17) is 18.9 Å². The Bertz CT molecular complexity index is 1660. The zero-order valence-corrected chi connectivity index (χ0v) is 32.9. The maximum atomic E-state index is 13.9. The standard InChI is InChI=1S/C43H57N3O9/c1-42(2,3)54-38(48)34(45-40(50)52-29-30-18-10-7-11-19-30)24-16-17-27-44-28-33(47)25-26-35-39(49)53-37(32-22-14-9-15-23-32)36(31-20-12-8-13-21-31)46(35)41(51)55-43(4,5)6/h7-15,18-23,33-37,44,47H,16-17,24-29H2,1-6H3,(H,45,50)/t33-,34+,35+,36+,37-/m1/s1. The van der Waals surface area contributed by atoms with Crippen molar-refractivity contribution in [1.29, 1.82) is 0 Å². The number of alkyl carbamates (subject to hydrolysis) is 1. The number of unbranched alkanes of at least 4 members (excludes halogenated alkanes) is 1. The summed E-state index contributed by atoms with van der Waals surface area (Å²) < 4.78 is 22.8. The molecule has 12 nitrogen and oxygen atoms in total. The number of nitrogens with one attached hydrogen (secondary N) is 2. The monoisotopic (exact) mass is 759 g/mol. The van der Waals surface area contributed by atoms with Crippen molar-refractivity contribution in [2.24, 2.45) is 0 Å². The number of cyclic esters (lactones) is 1. The Balaban J connectivity index is 1.33. The topological polar surface area (TPSA) is 153 Å². The average molecular weight is 760 g/mol. The van der Waals surface area contributed by atoms with Gasteiger partial charge in [-0.05, 0) is 96.9 Å². The first-order valence-corrected chi connectivity index (χ1v) is 19.0. The van der Waals surface area contributed by atoms with Crippen LogP contribution in [0.4, 0.5) is 9.59 Å². The summed E-state index contributed by atoms with van der Waals surface area (Å²) in [6, 6.07) is 25.5. The summed E-state index contributed by atoms with van der Waals surface area (Å²) in [6.45, 7) is 11.5. The van der Waals surface area contributed by atoms with Gasteiger partial charge in [0, 0.05) is 6.54 Å². The molecular weight excluding hydrogens is 702 g/mol. The van der Waals surface area contributed by atoms with Crippen molar-refractivity contribution in [3.63, 3.8) is 0 Å². The lowest BCUT2D eigenvalue weighted by atomic mass is 9.90. The van der Waals surface area contributed by atoms with Crippen molar-refractivity contribution >= 4 is 24.1 Å². The Kier molecular flexibility index (Phi) is 15.7. The number of carbonyl (C=O) groups is 4. The van der Waals surface area contributed by atoms with Gasteiger partial charge in [0.1, 0.15) is 35.9 Å². The lowest BCUT2D eigenvalue weighted by Crippen LogP contribution is -2.55. The van der Waals surface area contributed by atoms with Gasteiger partial charge in [-0.15, -0.1) is 0 Å². The van der Waals surface area contributed by atoms with E-state index in [0.717, 1.165) is 16.7 Å². The predicted molar refractivity (Wildman–Crippen MR) is 208 cm³/mol. The molecule has 3 aromatic rings. The third-order valence-corrected chi connectivity index (χ3v) is 8.76.